The fourth-order valence-electron chi connectivity index (χ4n) is 5.91. The van der Waals surface area contributed by atoms with Crippen LogP contribution in [0.1, 0.15) is 67.7 Å². The van der Waals surface area contributed by atoms with E-state index in [2.05, 4.69) is 31.6 Å². The molecule has 13 nitrogen and oxygen atoms in total. The van der Waals surface area contributed by atoms with E-state index in [1.165, 1.54) is 29.8 Å². The number of aryl methyl sites for hydroxylation is 1. The van der Waals surface area contributed by atoms with Gasteiger partial charge in [0.25, 0.3) is 5.91 Å². The van der Waals surface area contributed by atoms with Crippen molar-refractivity contribution in [1.29, 1.82) is 0 Å². The molecule has 2 aliphatic heterocycles. The van der Waals surface area contributed by atoms with Gasteiger partial charge in [0.1, 0.15) is 29.9 Å². The summed E-state index contributed by atoms with van der Waals surface area (Å²) in [5, 5.41) is 14.2. The molecule has 6 atom stereocenters. The summed E-state index contributed by atoms with van der Waals surface area (Å²) < 4.78 is 0. The third-order valence-corrected chi connectivity index (χ3v) is 9.24. The number of benzene rings is 1. The van der Waals surface area contributed by atoms with Crippen molar-refractivity contribution in [3.8, 4) is 0 Å². The van der Waals surface area contributed by atoms with Crippen LogP contribution in [0.2, 0.25) is 0 Å². The zero-order valence-electron chi connectivity index (χ0n) is 27.9. The second-order valence-corrected chi connectivity index (χ2v) is 13.6. The minimum Gasteiger partial charge on any atom is -0.347 e. The molecule has 0 unspecified atom stereocenters. The molecule has 0 bridgehead atoms. The summed E-state index contributed by atoms with van der Waals surface area (Å²) >= 11 is 1.51. The van der Waals surface area contributed by atoms with E-state index in [4.69, 9.17) is 0 Å². The molecule has 6 amide bonds. The Morgan fingerprint density at radius 1 is 0.979 bits per heavy atom. The zero-order chi connectivity index (χ0) is 35.0. The molecule has 4 rings (SSSR count). The number of nitrogens with one attached hydrogen (secondary N) is 5. The molecule has 1 aromatic carbocycles. The number of pyridine rings is 1. The number of aromatic nitrogens is 1. The van der Waals surface area contributed by atoms with Gasteiger partial charge in [-0.25, -0.2) is 0 Å². The second kappa shape index (κ2) is 16.6. The molecule has 0 radical (unpaired) electrons. The van der Waals surface area contributed by atoms with Gasteiger partial charge in [-0.3, -0.25) is 33.8 Å². The molecule has 0 saturated carbocycles. The van der Waals surface area contributed by atoms with Crippen LogP contribution in [-0.2, 0) is 24.0 Å². The third kappa shape index (κ3) is 9.12. The van der Waals surface area contributed by atoms with E-state index >= 15 is 0 Å². The Balaban J connectivity index is 1.68. The maximum atomic E-state index is 14.2. The highest BCUT2D eigenvalue weighted by Crippen LogP contribution is 2.23. The highest BCUT2D eigenvalue weighted by Gasteiger charge is 2.44. The zero-order valence-corrected chi connectivity index (χ0v) is 28.8. The molecule has 48 heavy (non-hydrogen) atoms. The molecule has 5 N–H and O–H groups in total. The lowest BCUT2D eigenvalue weighted by Gasteiger charge is -2.32. The van der Waals surface area contributed by atoms with Gasteiger partial charge in [0, 0.05) is 18.8 Å². The average Bonchev–Trinajstić information content (AvgIpc) is 3.48. The van der Waals surface area contributed by atoms with Crippen LogP contribution >= 0.6 is 11.8 Å². The minimum atomic E-state index is -1.04. The summed E-state index contributed by atoms with van der Waals surface area (Å²) in [6.45, 7) is 6.85. The summed E-state index contributed by atoms with van der Waals surface area (Å²) in [5.41, 5.74) is 1.59. The average molecular weight is 680 g/mol. The highest BCUT2D eigenvalue weighted by molar-refractivity contribution is 7.98. The molecule has 258 valence electrons. The van der Waals surface area contributed by atoms with Crippen LogP contribution in [0.25, 0.3) is 0 Å². The second-order valence-electron chi connectivity index (χ2n) is 12.6. The fraction of sp³-hybridized carbons (Fsp3) is 0.500. The van der Waals surface area contributed by atoms with Crippen LogP contribution in [0.15, 0.2) is 48.7 Å². The lowest BCUT2D eigenvalue weighted by atomic mass is 10.0. The number of hydrogen-bond donors (Lipinski definition) is 5. The van der Waals surface area contributed by atoms with Crippen molar-refractivity contribution in [1.82, 2.24) is 36.5 Å². The first kappa shape index (κ1) is 36.4. The molecule has 1 aromatic heterocycles. The van der Waals surface area contributed by atoms with Crippen LogP contribution in [0, 0.1) is 12.8 Å². The molecule has 2 fully saturated rings. The Morgan fingerprint density at radius 3 is 2.38 bits per heavy atom. The Kier molecular flexibility index (Phi) is 12.6. The summed E-state index contributed by atoms with van der Waals surface area (Å²) in [6, 6.07) is 7.09. The van der Waals surface area contributed by atoms with Gasteiger partial charge in [0.2, 0.25) is 29.5 Å². The van der Waals surface area contributed by atoms with Gasteiger partial charge in [-0.2, -0.15) is 11.8 Å². The number of rotatable bonds is 7. The van der Waals surface area contributed by atoms with Gasteiger partial charge in [-0.15, -0.1) is 0 Å². The number of thioether (sulfide) groups is 1. The van der Waals surface area contributed by atoms with Crippen molar-refractivity contribution in [3.63, 3.8) is 0 Å². The molecule has 2 aliphatic rings. The Labute approximate surface area is 285 Å². The highest BCUT2D eigenvalue weighted by atomic mass is 32.2. The number of nitrogens with zero attached hydrogens (tertiary/aromatic N) is 2. The number of hydrogen-bond acceptors (Lipinski definition) is 8. The van der Waals surface area contributed by atoms with E-state index in [-0.39, 0.29) is 31.0 Å². The molecular weight excluding hydrogens is 634 g/mol. The first-order valence-corrected chi connectivity index (χ1v) is 17.6. The van der Waals surface area contributed by atoms with Gasteiger partial charge < -0.3 is 31.5 Å². The summed E-state index contributed by atoms with van der Waals surface area (Å²) in [5.74, 6) is -2.84. The molecule has 0 aliphatic carbocycles. The van der Waals surface area contributed by atoms with E-state index in [9.17, 15) is 28.8 Å². The van der Waals surface area contributed by atoms with Crippen LogP contribution in [0.5, 0.6) is 0 Å². The van der Waals surface area contributed by atoms with E-state index < -0.39 is 71.7 Å². The van der Waals surface area contributed by atoms with Crippen molar-refractivity contribution in [2.45, 2.75) is 83.2 Å². The monoisotopic (exact) mass is 679 g/mol. The summed E-state index contributed by atoms with van der Waals surface area (Å²) in [6.07, 6.45) is 3.65. The van der Waals surface area contributed by atoms with Crippen molar-refractivity contribution < 1.29 is 28.8 Å². The third-order valence-electron chi connectivity index (χ3n) is 8.60. The molecule has 0 spiro atoms. The first-order chi connectivity index (χ1) is 22.9. The van der Waals surface area contributed by atoms with Crippen LogP contribution in [0.4, 0.5) is 0 Å². The quantitative estimate of drug-likeness (QED) is 0.290. The Bertz CT molecular complexity index is 1510. The Morgan fingerprint density at radius 2 is 1.71 bits per heavy atom. The maximum Gasteiger partial charge on any atom is 0.270 e. The predicted molar refractivity (Wildman–Crippen MR) is 182 cm³/mol. The number of amides is 6. The van der Waals surface area contributed by atoms with Gasteiger partial charge in [-0.1, -0.05) is 50.2 Å². The van der Waals surface area contributed by atoms with Crippen molar-refractivity contribution in [2.75, 3.05) is 18.6 Å². The van der Waals surface area contributed by atoms with E-state index in [0.717, 1.165) is 0 Å². The minimum absolute atomic E-state index is 0.00305. The van der Waals surface area contributed by atoms with Crippen LogP contribution in [0.3, 0.4) is 0 Å². The largest absolute Gasteiger partial charge is 0.347 e. The number of fused-ring (bicyclic) bond motifs is 1. The van der Waals surface area contributed by atoms with Gasteiger partial charge in [-0.05, 0) is 61.8 Å². The Hall–Kier alpha value is -4.46. The van der Waals surface area contributed by atoms with E-state index in [1.54, 1.807) is 57.2 Å². The van der Waals surface area contributed by atoms with Crippen molar-refractivity contribution in [2.24, 2.45) is 5.92 Å². The van der Waals surface area contributed by atoms with Gasteiger partial charge in [0.05, 0.1) is 12.5 Å². The summed E-state index contributed by atoms with van der Waals surface area (Å²) in [7, 11) is 0. The van der Waals surface area contributed by atoms with Crippen LogP contribution < -0.4 is 26.6 Å². The predicted octanol–water partition coefficient (Wildman–Crippen LogP) is 1.23. The van der Waals surface area contributed by atoms with Crippen molar-refractivity contribution in [3.05, 3.63) is 65.5 Å². The first-order valence-electron chi connectivity index (χ1n) is 16.2. The maximum absolute atomic E-state index is 14.2. The smallest absolute Gasteiger partial charge is 0.270 e. The molecule has 2 saturated heterocycles. The number of carbonyl (C=O) groups excluding carboxylic acids is 6. The molecule has 3 heterocycles. The SMILES string of the molecule is CSCC[C@@H]1NC(=O)C[C@@H](c2ccccc2)NC(=O)[C@H](C)NC(=O)[C@@H]2C[C@H](NC(=O)c3ncccc3C)CN2C(=O)[C@H](C(C)C)NC1=O. The summed E-state index contributed by atoms with van der Waals surface area (Å²) in [4.78, 5) is 87.1. The molecule has 14 heteroatoms. The lowest BCUT2D eigenvalue weighted by molar-refractivity contribution is -0.143. The normalized spacial score (nSPS) is 25.9. The van der Waals surface area contributed by atoms with E-state index in [0.29, 0.717) is 23.3 Å². The standard InChI is InChI=1S/C34H45N7O6S/c1-19(2)28-34(47)41-18-23(37-33(46)29-20(3)10-9-14-35-29)16-26(41)32(45)36-21(4)30(43)39-25(22-11-7-6-8-12-22)17-27(42)38-24(13-15-48-5)31(44)40-28/h6-12,14,19,21,23-26,28H,13,15-18H2,1-5H3,(H,36,45)(H,37,46)(H,38,42)(H,39,43)(H,40,44)/t21-,23-,24-,25-,26-,28-/m0/s1. The molecular formula is C34H45N7O6S. The van der Waals surface area contributed by atoms with Gasteiger partial charge >= 0.3 is 0 Å². The fourth-order valence-corrected chi connectivity index (χ4v) is 6.38. The van der Waals surface area contributed by atoms with Gasteiger partial charge in [0.15, 0.2) is 0 Å². The molecule has 2 aromatic rings. The topological polar surface area (TPSA) is 179 Å². The number of carbonyl (C=O) groups is 6. The van der Waals surface area contributed by atoms with E-state index in [1.807, 2.05) is 12.3 Å². The van der Waals surface area contributed by atoms with Crippen molar-refractivity contribution >= 4 is 47.2 Å². The lowest BCUT2D eigenvalue weighted by Crippen LogP contribution is -2.59. The van der Waals surface area contributed by atoms with Crippen LogP contribution in [-0.4, -0.2) is 94.1 Å².